The molecule has 3 rings (SSSR count). The van der Waals surface area contributed by atoms with E-state index in [-0.39, 0.29) is 16.2 Å². The number of hydrogen-bond donors (Lipinski definition) is 0. The molecular weight excluding hydrogens is 511 g/mol. The van der Waals surface area contributed by atoms with Gasteiger partial charge in [0.1, 0.15) is 17.2 Å². The molecule has 3 aromatic rings. The molecule has 4 heteroatoms. The topological polar surface area (TPSA) is 27.7 Å². The standard InChI is InChI=1S/C36H51O3P/c1-12-34(6,7)28-16-20-30(21-17-28)37-40(38-31-22-18-29(19-23-31)35(8,9)13-2)39-33-24-15-27(26(4)5)25-32(33)36(10,11)14-3/h15-26H,12-14H2,1-11H3. The van der Waals surface area contributed by atoms with E-state index in [1.165, 1.54) is 22.3 Å². The molecule has 0 saturated carbocycles. The highest BCUT2D eigenvalue weighted by atomic mass is 31.2. The first-order valence-electron chi connectivity index (χ1n) is 14.9. The maximum absolute atomic E-state index is 6.63. The van der Waals surface area contributed by atoms with E-state index in [9.17, 15) is 0 Å². The van der Waals surface area contributed by atoms with E-state index in [0.717, 1.165) is 36.5 Å². The quantitative estimate of drug-likeness (QED) is 0.194. The van der Waals surface area contributed by atoms with Gasteiger partial charge in [-0.25, -0.2) is 0 Å². The van der Waals surface area contributed by atoms with Crippen molar-refractivity contribution in [1.82, 2.24) is 0 Å². The van der Waals surface area contributed by atoms with E-state index in [4.69, 9.17) is 13.6 Å². The third-order valence-corrected chi connectivity index (χ3v) is 9.92. The molecule has 3 nitrogen and oxygen atoms in total. The molecule has 0 N–H and O–H groups in total. The van der Waals surface area contributed by atoms with Crippen molar-refractivity contribution in [3.63, 3.8) is 0 Å². The summed E-state index contributed by atoms with van der Waals surface area (Å²) >= 11 is 0. The monoisotopic (exact) mass is 562 g/mol. The lowest BCUT2D eigenvalue weighted by molar-refractivity contribution is 0.379. The Morgan fingerprint density at radius 3 is 1.38 bits per heavy atom. The van der Waals surface area contributed by atoms with Crippen LogP contribution in [0.1, 0.15) is 124 Å². The van der Waals surface area contributed by atoms with Gasteiger partial charge in [-0.1, -0.05) is 113 Å². The lowest BCUT2D eigenvalue weighted by Crippen LogP contribution is -2.18. The van der Waals surface area contributed by atoms with Gasteiger partial charge in [-0.2, -0.15) is 0 Å². The Morgan fingerprint density at radius 2 is 1.00 bits per heavy atom. The molecule has 0 unspecified atom stereocenters. The van der Waals surface area contributed by atoms with Crippen LogP contribution in [0.25, 0.3) is 0 Å². The van der Waals surface area contributed by atoms with Crippen LogP contribution in [-0.4, -0.2) is 0 Å². The fourth-order valence-electron chi connectivity index (χ4n) is 4.36. The number of hydrogen-bond acceptors (Lipinski definition) is 3. The van der Waals surface area contributed by atoms with Crippen molar-refractivity contribution >= 4 is 8.60 Å². The summed E-state index contributed by atoms with van der Waals surface area (Å²) in [6.45, 7) is 24.7. The molecule has 218 valence electrons. The van der Waals surface area contributed by atoms with Gasteiger partial charge in [0.2, 0.25) is 0 Å². The van der Waals surface area contributed by atoms with Crippen LogP contribution in [0, 0.1) is 0 Å². The highest BCUT2D eigenvalue weighted by Gasteiger charge is 2.28. The molecule has 0 radical (unpaired) electrons. The van der Waals surface area contributed by atoms with Crippen LogP contribution >= 0.6 is 8.60 Å². The van der Waals surface area contributed by atoms with Crippen molar-refractivity contribution in [2.45, 2.75) is 118 Å². The van der Waals surface area contributed by atoms with Crippen LogP contribution in [0.15, 0.2) is 66.7 Å². The maximum atomic E-state index is 6.63. The van der Waals surface area contributed by atoms with Gasteiger partial charge in [0.15, 0.2) is 0 Å². The van der Waals surface area contributed by atoms with Crippen LogP contribution in [0.4, 0.5) is 0 Å². The van der Waals surface area contributed by atoms with Gasteiger partial charge >= 0.3 is 8.60 Å². The van der Waals surface area contributed by atoms with Crippen molar-refractivity contribution in [2.75, 3.05) is 0 Å². The van der Waals surface area contributed by atoms with Crippen molar-refractivity contribution < 1.29 is 13.6 Å². The molecule has 0 aromatic heterocycles. The molecule has 0 bridgehead atoms. The van der Waals surface area contributed by atoms with Gasteiger partial charge in [0.25, 0.3) is 0 Å². The van der Waals surface area contributed by atoms with Crippen molar-refractivity contribution in [3.05, 3.63) is 89.0 Å². The Kier molecular flexibility index (Phi) is 10.4. The van der Waals surface area contributed by atoms with Crippen LogP contribution < -0.4 is 13.6 Å². The van der Waals surface area contributed by atoms with E-state index in [1.807, 2.05) is 24.3 Å². The highest BCUT2D eigenvalue weighted by Crippen LogP contribution is 2.47. The van der Waals surface area contributed by atoms with Crippen molar-refractivity contribution in [3.8, 4) is 17.2 Å². The maximum Gasteiger partial charge on any atom is 0.530 e. The average Bonchev–Trinajstić information content (AvgIpc) is 2.93. The minimum absolute atomic E-state index is 0.0536. The largest absolute Gasteiger partial charge is 0.530 e. The normalized spacial score (nSPS) is 12.6. The third-order valence-electron chi connectivity index (χ3n) is 8.86. The minimum Gasteiger partial charge on any atom is -0.409 e. The SMILES string of the molecule is CCC(C)(C)c1ccc(OP(Oc2ccc(C(C)(C)CC)cc2)Oc2ccc(C(C)C)cc2C(C)(C)CC)cc1. The smallest absolute Gasteiger partial charge is 0.409 e. The van der Waals surface area contributed by atoms with Gasteiger partial charge in [-0.15, -0.1) is 0 Å². The number of benzene rings is 3. The summed E-state index contributed by atoms with van der Waals surface area (Å²) < 4.78 is 19.5. The molecule has 0 atom stereocenters. The lowest BCUT2D eigenvalue weighted by Gasteiger charge is -2.28. The Balaban J connectivity index is 1.97. The molecule has 0 saturated heterocycles. The van der Waals surface area contributed by atoms with Gasteiger partial charge in [-0.3, -0.25) is 0 Å². The van der Waals surface area contributed by atoms with Gasteiger partial charge in [0, 0.05) is 5.56 Å². The average molecular weight is 563 g/mol. The van der Waals surface area contributed by atoms with Gasteiger partial charge in [0.05, 0.1) is 0 Å². The van der Waals surface area contributed by atoms with Gasteiger partial charge < -0.3 is 13.6 Å². The van der Waals surface area contributed by atoms with Gasteiger partial charge in [-0.05, 0) is 88.4 Å². The molecule has 0 aliphatic rings. The first-order chi connectivity index (χ1) is 18.7. The van der Waals surface area contributed by atoms with E-state index in [2.05, 4.69) is 119 Å². The zero-order valence-electron chi connectivity index (χ0n) is 26.7. The fraction of sp³-hybridized carbons (Fsp3) is 0.500. The van der Waals surface area contributed by atoms with E-state index in [0.29, 0.717) is 5.92 Å². The fourth-order valence-corrected chi connectivity index (χ4v) is 5.38. The summed E-state index contributed by atoms with van der Waals surface area (Å²) in [5, 5.41) is 0. The molecule has 0 amide bonds. The predicted octanol–water partition coefficient (Wildman–Crippen LogP) is 11.6. The van der Waals surface area contributed by atoms with Crippen LogP contribution in [0.2, 0.25) is 0 Å². The van der Waals surface area contributed by atoms with E-state index >= 15 is 0 Å². The zero-order valence-corrected chi connectivity index (χ0v) is 27.6. The summed E-state index contributed by atoms with van der Waals surface area (Å²) in [5.41, 5.74) is 5.24. The Hall–Kier alpha value is -2.51. The summed E-state index contributed by atoms with van der Waals surface area (Å²) in [5.74, 6) is 2.72. The predicted molar refractivity (Wildman–Crippen MR) is 172 cm³/mol. The lowest BCUT2D eigenvalue weighted by atomic mass is 9.80. The molecule has 0 aliphatic heterocycles. The molecule has 0 fully saturated rings. The summed E-state index contributed by atoms with van der Waals surface area (Å²) in [7, 11) is -1.77. The Bertz CT molecular complexity index is 1160. The molecule has 3 aromatic carbocycles. The third kappa shape index (κ3) is 7.82. The van der Waals surface area contributed by atoms with Crippen LogP contribution in [-0.2, 0) is 16.2 Å². The Morgan fingerprint density at radius 1 is 0.575 bits per heavy atom. The van der Waals surface area contributed by atoms with E-state index < -0.39 is 8.60 Å². The molecule has 40 heavy (non-hydrogen) atoms. The van der Waals surface area contributed by atoms with E-state index in [1.54, 1.807) is 0 Å². The summed E-state index contributed by atoms with van der Waals surface area (Å²) in [4.78, 5) is 0. The first kappa shape index (κ1) is 32.0. The van der Waals surface area contributed by atoms with Crippen LogP contribution in [0.3, 0.4) is 0 Å². The molecule has 0 heterocycles. The molecule has 0 aliphatic carbocycles. The van der Waals surface area contributed by atoms with Crippen molar-refractivity contribution in [1.29, 1.82) is 0 Å². The summed E-state index contributed by atoms with van der Waals surface area (Å²) in [6, 6.07) is 23.2. The summed E-state index contributed by atoms with van der Waals surface area (Å²) in [6.07, 6.45) is 3.13. The number of rotatable bonds is 13. The molecule has 0 spiro atoms. The molecular formula is C36H51O3P. The van der Waals surface area contributed by atoms with Crippen LogP contribution in [0.5, 0.6) is 17.2 Å². The first-order valence-corrected chi connectivity index (χ1v) is 16.0. The van der Waals surface area contributed by atoms with Crippen molar-refractivity contribution in [2.24, 2.45) is 0 Å². The highest BCUT2D eigenvalue weighted by molar-refractivity contribution is 7.43. The second-order valence-corrected chi connectivity index (χ2v) is 14.2. The minimum atomic E-state index is -1.77. The Labute approximate surface area is 245 Å². The second kappa shape index (κ2) is 13.0. The zero-order chi connectivity index (χ0) is 29.7. The second-order valence-electron chi connectivity index (χ2n) is 13.2.